The maximum atomic E-state index is 13.1. The summed E-state index contributed by atoms with van der Waals surface area (Å²) in [4.78, 5) is 31.1. The first kappa shape index (κ1) is 20.2. The van der Waals surface area contributed by atoms with Crippen molar-refractivity contribution in [2.24, 2.45) is 4.99 Å². The Kier molecular flexibility index (Phi) is 6.54. The number of hydrogen-bond donors (Lipinski definition) is 0. The highest BCUT2D eigenvalue weighted by Crippen LogP contribution is 2.32. The summed E-state index contributed by atoms with van der Waals surface area (Å²) in [5.41, 5.74) is 1.76. The van der Waals surface area contributed by atoms with Gasteiger partial charge in [0.25, 0.3) is 5.91 Å². The van der Waals surface area contributed by atoms with E-state index in [9.17, 15) is 9.59 Å². The summed E-state index contributed by atoms with van der Waals surface area (Å²) in [6.07, 6.45) is 1.72. The van der Waals surface area contributed by atoms with Gasteiger partial charge in [0.1, 0.15) is 10.9 Å². The number of carbonyl (C=O) groups excluding carboxylic acids is 2. The smallest absolute Gasteiger partial charge is 0.319 e. The van der Waals surface area contributed by atoms with E-state index >= 15 is 0 Å². The monoisotopic (exact) mass is 414 g/mol. The fourth-order valence-corrected chi connectivity index (χ4v) is 3.70. The predicted molar refractivity (Wildman–Crippen MR) is 114 cm³/mol. The summed E-state index contributed by atoms with van der Waals surface area (Å²) in [6, 6.07) is 16.4. The van der Waals surface area contributed by atoms with Gasteiger partial charge in [-0.15, -0.1) is 0 Å². The van der Waals surface area contributed by atoms with Crippen LogP contribution in [0, 0.1) is 0 Å². The molecule has 2 aromatic rings. The molecule has 0 bridgehead atoms. The van der Waals surface area contributed by atoms with Crippen LogP contribution in [0.4, 0.5) is 5.69 Å². The molecule has 0 fully saturated rings. The molecule has 1 aliphatic heterocycles. The van der Waals surface area contributed by atoms with Gasteiger partial charge in [0.15, 0.2) is 5.17 Å². The molecule has 1 heterocycles. The standard InChI is InChI=1S/C21H19ClN2O3S/c1-3-27-20(26)14(2)28-21-23-18(12-15-8-5-4-6-9-15)19(25)24(21)17-11-7-10-16(22)13-17/h4-14H,3H2,1-2H3/b18-12+. The number of halogens is 1. The average Bonchev–Trinajstić information content (AvgIpc) is 2.97. The molecule has 1 amide bonds. The number of thioether (sulfide) groups is 1. The van der Waals surface area contributed by atoms with Crippen molar-refractivity contribution in [1.82, 2.24) is 0 Å². The third kappa shape index (κ3) is 4.64. The van der Waals surface area contributed by atoms with Crippen molar-refractivity contribution in [1.29, 1.82) is 0 Å². The number of rotatable bonds is 5. The van der Waals surface area contributed by atoms with Crippen LogP contribution in [-0.4, -0.2) is 28.9 Å². The lowest BCUT2D eigenvalue weighted by Crippen LogP contribution is -2.32. The Morgan fingerprint density at radius 1 is 1.25 bits per heavy atom. The molecule has 7 heteroatoms. The number of benzene rings is 2. The summed E-state index contributed by atoms with van der Waals surface area (Å²) in [5.74, 6) is -0.626. The zero-order valence-electron chi connectivity index (χ0n) is 15.5. The molecule has 5 nitrogen and oxygen atoms in total. The molecule has 0 N–H and O–H groups in total. The Hall–Kier alpha value is -2.57. The molecule has 0 aromatic heterocycles. The molecule has 0 saturated heterocycles. The van der Waals surface area contributed by atoms with Gasteiger partial charge in [-0.2, -0.15) is 0 Å². The normalized spacial score (nSPS) is 16.2. The number of carbonyl (C=O) groups is 2. The van der Waals surface area contributed by atoms with Gasteiger partial charge in [-0.1, -0.05) is 59.8 Å². The number of esters is 1. The van der Waals surface area contributed by atoms with Gasteiger partial charge in [-0.25, -0.2) is 4.99 Å². The van der Waals surface area contributed by atoms with E-state index in [1.807, 2.05) is 30.3 Å². The Balaban J connectivity index is 1.97. The van der Waals surface area contributed by atoms with E-state index in [1.165, 1.54) is 16.7 Å². The lowest BCUT2D eigenvalue weighted by atomic mass is 10.2. The lowest BCUT2D eigenvalue weighted by molar-refractivity contribution is -0.142. The number of anilines is 1. The SMILES string of the molecule is CCOC(=O)C(C)SC1=N/C(=C/c2ccccc2)C(=O)N1c1cccc(Cl)c1. The molecule has 1 atom stereocenters. The van der Waals surface area contributed by atoms with Crippen molar-refractivity contribution in [3.05, 3.63) is 70.9 Å². The quantitative estimate of drug-likeness (QED) is 0.522. The molecule has 1 aliphatic rings. The number of hydrogen-bond acceptors (Lipinski definition) is 5. The second-order valence-electron chi connectivity index (χ2n) is 5.97. The van der Waals surface area contributed by atoms with Crippen molar-refractivity contribution in [3.63, 3.8) is 0 Å². The highest BCUT2D eigenvalue weighted by molar-refractivity contribution is 8.15. The third-order valence-electron chi connectivity index (χ3n) is 3.90. The van der Waals surface area contributed by atoms with E-state index in [-0.39, 0.29) is 11.9 Å². The summed E-state index contributed by atoms with van der Waals surface area (Å²) in [6.45, 7) is 3.78. The third-order valence-corrected chi connectivity index (χ3v) is 5.17. The molecular weight excluding hydrogens is 396 g/mol. The van der Waals surface area contributed by atoms with Crippen LogP contribution in [0.3, 0.4) is 0 Å². The molecule has 3 rings (SSSR count). The van der Waals surface area contributed by atoms with E-state index < -0.39 is 5.25 Å². The molecule has 2 aromatic carbocycles. The number of aliphatic imine (C=N–C) groups is 1. The number of amidine groups is 1. The number of nitrogens with zero attached hydrogens (tertiary/aromatic N) is 2. The van der Waals surface area contributed by atoms with E-state index in [4.69, 9.17) is 16.3 Å². The minimum atomic E-state index is -0.510. The largest absolute Gasteiger partial charge is 0.465 e. The summed E-state index contributed by atoms with van der Waals surface area (Å²) < 4.78 is 5.07. The first-order valence-corrected chi connectivity index (χ1v) is 10.0. The van der Waals surface area contributed by atoms with Crippen LogP contribution in [0.1, 0.15) is 19.4 Å². The minimum Gasteiger partial charge on any atom is -0.465 e. The summed E-state index contributed by atoms with van der Waals surface area (Å²) >= 11 is 7.29. The Labute approximate surface area is 173 Å². The van der Waals surface area contributed by atoms with Gasteiger partial charge in [-0.3, -0.25) is 14.5 Å². The molecular formula is C21H19ClN2O3S. The average molecular weight is 415 g/mol. The molecule has 0 saturated carbocycles. The van der Waals surface area contributed by atoms with E-state index in [0.29, 0.717) is 28.2 Å². The van der Waals surface area contributed by atoms with Gasteiger partial charge in [0.2, 0.25) is 0 Å². The highest BCUT2D eigenvalue weighted by Gasteiger charge is 2.34. The van der Waals surface area contributed by atoms with Crippen molar-refractivity contribution in [2.75, 3.05) is 11.5 Å². The van der Waals surface area contributed by atoms with Crippen molar-refractivity contribution in [3.8, 4) is 0 Å². The topological polar surface area (TPSA) is 59.0 Å². The van der Waals surface area contributed by atoms with Gasteiger partial charge in [-0.05, 0) is 43.7 Å². The predicted octanol–water partition coefficient (Wildman–Crippen LogP) is 4.77. The second-order valence-corrected chi connectivity index (χ2v) is 7.71. The molecule has 144 valence electrons. The summed E-state index contributed by atoms with van der Waals surface area (Å²) in [5, 5.41) is 0.410. The minimum absolute atomic E-state index is 0.273. The van der Waals surface area contributed by atoms with Gasteiger partial charge >= 0.3 is 5.97 Å². The Bertz CT molecular complexity index is 944. The van der Waals surface area contributed by atoms with Gasteiger partial charge < -0.3 is 4.74 Å². The van der Waals surface area contributed by atoms with Crippen LogP contribution in [0.15, 0.2) is 65.3 Å². The van der Waals surface area contributed by atoms with Crippen LogP contribution in [0.2, 0.25) is 5.02 Å². The van der Waals surface area contributed by atoms with Crippen LogP contribution < -0.4 is 4.90 Å². The van der Waals surface area contributed by atoms with E-state index in [0.717, 1.165) is 5.56 Å². The highest BCUT2D eigenvalue weighted by atomic mass is 35.5. The zero-order chi connectivity index (χ0) is 20.1. The van der Waals surface area contributed by atoms with Crippen LogP contribution >= 0.6 is 23.4 Å². The Morgan fingerprint density at radius 3 is 2.68 bits per heavy atom. The summed E-state index contributed by atoms with van der Waals surface area (Å²) in [7, 11) is 0. The first-order chi connectivity index (χ1) is 13.5. The fourth-order valence-electron chi connectivity index (χ4n) is 2.59. The van der Waals surface area contributed by atoms with Crippen LogP contribution in [0.25, 0.3) is 6.08 Å². The second kappa shape index (κ2) is 9.08. The lowest BCUT2D eigenvalue weighted by Gasteiger charge is -2.19. The van der Waals surface area contributed by atoms with Crippen LogP contribution in [-0.2, 0) is 14.3 Å². The van der Waals surface area contributed by atoms with Crippen molar-refractivity contribution < 1.29 is 14.3 Å². The maximum Gasteiger partial charge on any atom is 0.319 e. The Morgan fingerprint density at radius 2 is 2.00 bits per heavy atom. The molecule has 0 spiro atoms. The van der Waals surface area contributed by atoms with Crippen LogP contribution in [0.5, 0.6) is 0 Å². The molecule has 28 heavy (non-hydrogen) atoms. The van der Waals surface area contributed by atoms with Gasteiger partial charge in [0, 0.05) is 5.02 Å². The van der Waals surface area contributed by atoms with Crippen molar-refractivity contribution in [2.45, 2.75) is 19.1 Å². The maximum absolute atomic E-state index is 13.1. The molecule has 0 aliphatic carbocycles. The number of amides is 1. The van der Waals surface area contributed by atoms with E-state index in [2.05, 4.69) is 4.99 Å². The fraction of sp³-hybridized carbons (Fsp3) is 0.190. The van der Waals surface area contributed by atoms with Crippen molar-refractivity contribution >= 4 is 52.2 Å². The molecule has 1 unspecified atom stereocenters. The first-order valence-electron chi connectivity index (χ1n) is 8.78. The van der Waals surface area contributed by atoms with Gasteiger partial charge in [0.05, 0.1) is 12.3 Å². The van der Waals surface area contributed by atoms with E-state index in [1.54, 1.807) is 44.2 Å². The number of ether oxygens (including phenoxy) is 1. The molecule has 0 radical (unpaired) electrons. The zero-order valence-corrected chi connectivity index (χ0v) is 17.0.